The van der Waals surface area contributed by atoms with E-state index in [1.807, 2.05) is 12.3 Å². The van der Waals surface area contributed by atoms with Gasteiger partial charge in [-0.3, -0.25) is 4.98 Å². The van der Waals surface area contributed by atoms with Crippen LogP contribution in [0.4, 0.5) is 0 Å². The zero-order valence-corrected chi connectivity index (χ0v) is 9.45. The highest BCUT2D eigenvalue weighted by Gasteiger charge is 2.23. The summed E-state index contributed by atoms with van der Waals surface area (Å²) in [7, 11) is 2.08. The lowest BCUT2D eigenvalue weighted by molar-refractivity contribution is 0.375. The summed E-state index contributed by atoms with van der Waals surface area (Å²) < 4.78 is 0. The quantitative estimate of drug-likeness (QED) is 0.814. The van der Waals surface area contributed by atoms with Crippen molar-refractivity contribution in [3.63, 3.8) is 0 Å². The third-order valence-electron chi connectivity index (χ3n) is 3.49. The maximum absolute atomic E-state index is 4.40. The fraction of sp³-hybridized carbons (Fsp3) is 0.615. The smallest absolute Gasteiger partial charge is 0.0419 e. The maximum atomic E-state index is 4.40. The van der Waals surface area contributed by atoms with Crippen LogP contribution in [0.2, 0.25) is 0 Å². The molecular formula is C13H20N2. The summed E-state index contributed by atoms with van der Waals surface area (Å²) in [5.41, 5.74) is 1.21. The van der Waals surface area contributed by atoms with E-state index < -0.39 is 0 Å². The highest BCUT2D eigenvalue weighted by atomic mass is 14.9. The minimum absolute atomic E-state index is 0.613. The Morgan fingerprint density at radius 1 is 1.40 bits per heavy atom. The summed E-state index contributed by atoms with van der Waals surface area (Å²) in [6.07, 6.45) is 8.55. The average molecular weight is 204 g/mol. The molecule has 1 aliphatic carbocycles. The third-order valence-corrected chi connectivity index (χ3v) is 3.49. The number of nitrogens with one attached hydrogen (secondary N) is 1. The first-order valence-electron chi connectivity index (χ1n) is 5.97. The summed E-state index contributed by atoms with van der Waals surface area (Å²) in [5, 5.41) is 3.45. The summed E-state index contributed by atoms with van der Waals surface area (Å²) >= 11 is 0. The lowest BCUT2D eigenvalue weighted by Gasteiger charge is -2.22. The molecule has 1 aromatic rings. The monoisotopic (exact) mass is 204 g/mol. The molecule has 1 N–H and O–H groups in total. The molecule has 0 bridgehead atoms. The van der Waals surface area contributed by atoms with Gasteiger partial charge in [0.05, 0.1) is 0 Å². The first-order chi connectivity index (χ1) is 7.40. The predicted octanol–water partition coefficient (Wildman–Crippen LogP) is 2.40. The van der Waals surface area contributed by atoms with Crippen molar-refractivity contribution in [2.45, 2.75) is 38.1 Å². The molecule has 2 nitrogen and oxygen atoms in total. The molecule has 1 heterocycles. The zero-order valence-electron chi connectivity index (χ0n) is 9.45. The molecule has 82 valence electrons. The van der Waals surface area contributed by atoms with E-state index in [0.717, 1.165) is 12.3 Å². The topological polar surface area (TPSA) is 24.9 Å². The second kappa shape index (κ2) is 5.26. The van der Waals surface area contributed by atoms with E-state index in [9.17, 15) is 0 Å². The van der Waals surface area contributed by atoms with Gasteiger partial charge in [-0.25, -0.2) is 0 Å². The second-order valence-electron chi connectivity index (χ2n) is 4.46. The molecule has 0 spiro atoms. The van der Waals surface area contributed by atoms with E-state index in [1.54, 1.807) is 0 Å². The number of likely N-dealkylation sites (N-methyl/N-ethyl adjacent to an activating group) is 1. The summed E-state index contributed by atoms with van der Waals surface area (Å²) in [6, 6.07) is 6.79. The molecule has 0 amide bonds. The summed E-state index contributed by atoms with van der Waals surface area (Å²) in [6.45, 7) is 0. The molecule has 1 aromatic heterocycles. The standard InChI is InChI=1S/C13H20N2/c1-14-13(11-6-2-3-7-11)10-12-8-4-5-9-15-12/h4-5,8-9,11,13-14H,2-3,6-7,10H2,1H3. The lowest BCUT2D eigenvalue weighted by atomic mass is 9.94. The number of rotatable bonds is 4. The van der Waals surface area contributed by atoms with Crippen molar-refractivity contribution < 1.29 is 0 Å². The molecule has 0 aliphatic heterocycles. The van der Waals surface area contributed by atoms with Crippen LogP contribution in [-0.4, -0.2) is 18.1 Å². The molecule has 1 aliphatic rings. The largest absolute Gasteiger partial charge is 0.316 e. The van der Waals surface area contributed by atoms with E-state index in [2.05, 4.69) is 29.5 Å². The SMILES string of the molecule is CNC(Cc1ccccn1)C1CCCC1. The van der Waals surface area contributed by atoms with Crippen LogP contribution >= 0.6 is 0 Å². The van der Waals surface area contributed by atoms with Gasteiger partial charge in [0.2, 0.25) is 0 Å². The van der Waals surface area contributed by atoms with E-state index in [4.69, 9.17) is 0 Å². The molecule has 1 unspecified atom stereocenters. The van der Waals surface area contributed by atoms with Crippen LogP contribution in [0, 0.1) is 5.92 Å². The number of pyridine rings is 1. The molecule has 0 radical (unpaired) electrons. The van der Waals surface area contributed by atoms with Gasteiger partial charge < -0.3 is 5.32 Å². The maximum Gasteiger partial charge on any atom is 0.0419 e. The fourth-order valence-corrected chi connectivity index (χ4v) is 2.61. The van der Waals surface area contributed by atoms with Crippen molar-refractivity contribution >= 4 is 0 Å². The zero-order chi connectivity index (χ0) is 10.5. The van der Waals surface area contributed by atoms with Gasteiger partial charge in [0, 0.05) is 24.4 Å². The van der Waals surface area contributed by atoms with Gasteiger partial charge in [-0.15, -0.1) is 0 Å². The second-order valence-corrected chi connectivity index (χ2v) is 4.46. The van der Waals surface area contributed by atoms with E-state index in [1.165, 1.54) is 31.4 Å². The minimum atomic E-state index is 0.613. The van der Waals surface area contributed by atoms with Crippen molar-refractivity contribution in [2.75, 3.05) is 7.05 Å². The Hall–Kier alpha value is -0.890. The van der Waals surface area contributed by atoms with Gasteiger partial charge in [-0.1, -0.05) is 18.9 Å². The first-order valence-corrected chi connectivity index (χ1v) is 5.97. The Bertz CT molecular complexity index is 278. The van der Waals surface area contributed by atoms with Crippen LogP contribution in [0.5, 0.6) is 0 Å². The number of nitrogens with zero attached hydrogens (tertiary/aromatic N) is 1. The highest BCUT2D eigenvalue weighted by Crippen LogP contribution is 2.28. The van der Waals surface area contributed by atoms with Gasteiger partial charge in [0.1, 0.15) is 0 Å². The average Bonchev–Trinajstić information content (AvgIpc) is 2.81. The first kappa shape index (κ1) is 10.6. The van der Waals surface area contributed by atoms with Crippen molar-refractivity contribution in [3.8, 4) is 0 Å². The van der Waals surface area contributed by atoms with Gasteiger partial charge in [-0.05, 0) is 37.9 Å². The molecule has 2 heteroatoms. The lowest BCUT2D eigenvalue weighted by Crippen LogP contribution is -2.34. The molecule has 15 heavy (non-hydrogen) atoms. The molecule has 1 fully saturated rings. The van der Waals surface area contributed by atoms with Crippen molar-refractivity contribution in [2.24, 2.45) is 5.92 Å². The Labute approximate surface area is 92.1 Å². The van der Waals surface area contributed by atoms with Crippen molar-refractivity contribution in [1.29, 1.82) is 0 Å². The number of hydrogen-bond donors (Lipinski definition) is 1. The predicted molar refractivity (Wildman–Crippen MR) is 62.7 cm³/mol. The van der Waals surface area contributed by atoms with Crippen molar-refractivity contribution in [3.05, 3.63) is 30.1 Å². The number of aromatic nitrogens is 1. The number of hydrogen-bond acceptors (Lipinski definition) is 2. The molecular weight excluding hydrogens is 184 g/mol. The van der Waals surface area contributed by atoms with Crippen LogP contribution in [0.15, 0.2) is 24.4 Å². The molecule has 1 atom stereocenters. The van der Waals surface area contributed by atoms with E-state index in [-0.39, 0.29) is 0 Å². The molecule has 0 saturated heterocycles. The summed E-state index contributed by atoms with van der Waals surface area (Å²) in [4.78, 5) is 4.40. The Kier molecular flexibility index (Phi) is 3.73. The van der Waals surface area contributed by atoms with Crippen LogP contribution in [0.1, 0.15) is 31.4 Å². The van der Waals surface area contributed by atoms with Gasteiger partial charge >= 0.3 is 0 Å². The highest BCUT2D eigenvalue weighted by molar-refractivity contribution is 5.06. The summed E-state index contributed by atoms with van der Waals surface area (Å²) in [5.74, 6) is 0.858. The van der Waals surface area contributed by atoms with E-state index >= 15 is 0 Å². The normalized spacial score (nSPS) is 19.3. The molecule has 1 saturated carbocycles. The molecule has 2 rings (SSSR count). The Morgan fingerprint density at radius 3 is 2.80 bits per heavy atom. The van der Waals surface area contributed by atoms with Gasteiger partial charge in [0.25, 0.3) is 0 Å². The van der Waals surface area contributed by atoms with E-state index in [0.29, 0.717) is 6.04 Å². The van der Waals surface area contributed by atoms with Crippen LogP contribution in [-0.2, 0) is 6.42 Å². The van der Waals surface area contributed by atoms with Crippen molar-refractivity contribution in [1.82, 2.24) is 10.3 Å². The minimum Gasteiger partial charge on any atom is -0.316 e. The Morgan fingerprint density at radius 2 is 2.20 bits per heavy atom. The van der Waals surface area contributed by atoms with Gasteiger partial charge in [-0.2, -0.15) is 0 Å². The Balaban J connectivity index is 1.96. The fourth-order valence-electron chi connectivity index (χ4n) is 2.61. The van der Waals surface area contributed by atoms with Gasteiger partial charge in [0.15, 0.2) is 0 Å². The van der Waals surface area contributed by atoms with Crippen LogP contribution < -0.4 is 5.32 Å². The molecule has 0 aromatic carbocycles. The van der Waals surface area contributed by atoms with Crippen LogP contribution in [0.3, 0.4) is 0 Å². The third kappa shape index (κ3) is 2.78. The van der Waals surface area contributed by atoms with Crippen LogP contribution in [0.25, 0.3) is 0 Å².